The second-order valence-electron chi connectivity index (χ2n) is 7.01. The molecule has 0 amide bonds. The van der Waals surface area contributed by atoms with Gasteiger partial charge in [-0.1, -0.05) is 5.16 Å². The quantitative estimate of drug-likeness (QED) is 0.832. The van der Waals surface area contributed by atoms with Gasteiger partial charge in [0.05, 0.1) is 12.2 Å². The Bertz CT molecular complexity index is 681. The Kier molecular flexibility index (Phi) is 4.18. The molecule has 1 aliphatic carbocycles. The van der Waals surface area contributed by atoms with E-state index in [0.717, 1.165) is 49.3 Å². The summed E-state index contributed by atoms with van der Waals surface area (Å²) in [6.45, 7) is 4.69. The first-order valence-electron chi connectivity index (χ1n) is 8.77. The lowest BCUT2D eigenvalue weighted by Gasteiger charge is -2.37. The first-order chi connectivity index (χ1) is 11.7. The molecule has 0 N–H and O–H groups in total. The van der Waals surface area contributed by atoms with Gasteiger partial charge in [0.2, 0.25) is 5.89 Å². The maximum atomic E-state index is 5.36. The van der Waals surface area contributed by atoms with Crippen LogP contribution in [-0.2, 0) is 6.54 Å². The normalized spacial score (nSPS) is 21.5. The van der Waals surface area contributed by atoms with E-state index in [-0.39, 0.29) is 0 Å². The van der Waals surface area contributed by atoms with Crippen LogP contribution in [0, 0.1) is 6.92 Å². The van der Waals surface area contributed by atoms with E-state index in [0.29, 0.717) is 12.0 Å². The number of aryl methyl sites for hydroxylation is 1. The second-order valence-corrected chi connectivity index (χ2v) is 7.01. The number of aromatic nitrogens is 4. The fraction of sp³-hybridized carbons (Fsp3) is 0.647. The Balaban J connectivity index is 1.38. The zero-order valence-electron chi connectivity index (χ0n) is 14.4. The van der Waals surface area contributed by atoms with E-state index < -0.39 is 0 Å². The number of piperidine rings is 1. The molecule has 7 nitrogen and oxygen atoms in total. The highest BCUT2D eigenvalue weighted by Gasteiger charge is 2.30. The number of nitrogens with zero attached hydrogens (tertiary/aromatic N) is 6. The summed E-state index contributed by atoms with van der Waals surface area (Å²) >= 11 is 0. The van der Waals surface area contributed by atoms with Crippen LogP contribution >= 0.6 is 0 Å². The Labute approximate surface area is 142 Å². The van der Waals surface area contributed by atoms with E-state index in [1.54, 1.807) is 0 Å². The van der Waals surface area contributed by atoms with Gasteiger partial charge < -0.3 is 9.42 Å². The van der Waals surface area contributed by atoms with Crippen LogP contribution in [0.2, 0.25) is 0 Å². The van der Waals surface area contributed by atoms with Crippen LogP contribution in [0.1, 0.15) is 49.0 Å². The number of hydrogen-bond donors (Lipinski definition) is 0. The van der Waals surface area contributed by atoms with E-state index in [2.05, 4.69) is 43.3 Å². The Morgan fingerprint density at radius 2 is 2.12 bits per heavy atom. The molecule has 7 heteroatoms. The molecule has 128 valence electrons. The third kappa shape index (κ3) is 3.40. The van der Waals surface area contributed by atoms with E-state index in [1.165, 1.54) is 19.3 Å². The number of hydrogen-bond acceptors (Lipinski definition) is 7. The summed E-state index contributed by atoms with van der Waals surface area (Å²) in [7, 11) is 2.14. The summed E-state index contributed by atoms with van der Waals surface area (Å²) in [6.07, 6.45) is 4.71. The molecular weight excluding hydrogens is 304 g/mol. The lowest BCUT2D eigenvalue weighted by atomic mass is 10.0. The fourth-order valence-corrected chi connectivity index (χ4v) is 3.26. The molecule has 2 aromatic rings. The van der Waals surface area contributed by atoms with Gasteiger partial charge in [0.25, 0.3) is 0 Å². The number of anilines is 1. The number of likely N-dealkylation sites (N-methyl/N-ethyl adjacent to an activating group) is 1. The summed E-state index contributed by atoms with van der Waals surface area (Å²) in [5.41, 5.74) is 0.952. The van der Waals surface area contributed by atoms with Gasteiger partial charge in [-0.2, -0.15) is 10.1 Å². The standard InChI is InChI=1S/C17H24N6O/c1-12-5-8-16(20-19-12)23-9-3-4-14(10-23)22(2)11-15-18-17(24-21-15)13-6-7-13/h5,8,13-14H,3-4,6-7,9-11H2,1-2H3. The molecule has 24 heavy (non-hydrogen) atoms. The molecule has 2 aliphatic rings. The van der Waals surface area contributed by atoms with Crippen molar-refractivity contribution in [2.75, 3.05) is 25.0 Å². The molecule has 0 spiro atoms. The van der Waals surface area contributed by atoms with Crippen LogP contribution in [0.3, 0.4) is 0 Å². The first kappa shape index (κ1) is 15.5. The lowest BCUT2D eigenvalue weighted by molar-refractivity contribution is 0.200. The van der Waals surface area contributed by atoms with Crippen molar-refractivity contribution in [1.82, 2.24) is 25.2 Å². The monoisotopic (exact) mass is 328 g/mol. The predicted molar refractivity (Wildman–Crippen MR) is 89.7 cm³/mol. The maximum Gasteiger partial charge on any atom is 0.229 e. The van der Waals surface area contributed by atoms with Crippen molar-refractivity contribution >= 4 is 5.82 Å². The van der Waals surface area contributed by atoms with Gasteiger partial charge in [0.15, 0.2) is 11.6 Å². The minimum Gasteiger partial charge on any atom is -0.354 e. The van der Waals surface area contributed by atoms with Crippen LogP contribution in [0.25, 0.3) is 0 Å². The van der Waals surface area contributed by atoms with Gasteiger partial charge in [-0.25, -0.2) is 0 Å². The highest BCUT2D eigenvalue weighted by Crippen LogP contribution is 2.38. The van der Waals surface area contributed by atoms with Crippen LogP contribution in [0.15, 0.2) is 16.7 Å². The van der Waals surface area contributed by atoms with E-state index in [1.807, 2.05) is 13.0 Å². The minimum absolute atomic E-state index is 0.463. The van der Waals surface area contributed by atoms with Gasteiger partial charge >= 0.3 is 0 Å². The minimum atomic E-state index is 0.463. The predicted octanol–water partition coefficient (Wildman–Crippen LogP) is 2.15. The molecule has 2 aromatic heterocycles. The third-order valence-electron chi connectivity index (χ3n) is 4.93. The Morgan fingerprint density at radius 1 is 1.25 bits per heavy atom. The zero-order chi connectivity index (χ0) is 16.5. The molecule has 0 bridgehead atoms. The van der Waals surface area contributed by atoms with Crippen molar-refractivity contribution in [2.45, 2.75) is 51.1 Å². The second kappa shape index (κ2) is 6.47. The smallest absolute Gasteiger partial charge is 0.229 e. The van der Waals surface area contributed by atoms with Crippen molar-refractivity contribution in [3.05, 3.63) is 29.5 Å². The molecule has 1 unspecified atom stereocenters. The summed E-state index contributed by atoms with van der Waals surface area (Å²) in [5, 5.41) is 12.6. The number of rotatable bonds is 5. The largest absolute Gasteiger partial charge is 0.354 e. The summed E-state index contributed by atoms with van der Waals surface area (Å²) in [4.78, 5) is 9.19. The molecule has 1 atom stereocenters. The molecule has 2 fully saturated rings. The van der Waals surface area contributed by atoms with Gasteiger partial charge in [-0.15, -0.1) is 5.10 Å². The SMILES string of the molecule is Cc1ccc(N2CCCC(N(C)Cc3noc(C4CC4)n3)C2)nn1. The van der Waals surface area contributed by atoms with Crippen molar-refractivity contribution < 1.29 is 4.52 Å². The zero-order valence-corrected chi connectivity index (χ0v) is 14.4. The molecule has 1 saturated carbocycles. The Morgan fingerprint density at radius 3 is 2.88 bits per heavy atom. The van der Waals surface area contributed by atoms with Gasteiger partial charge in [-0.3, -0.25) is 4.90 Å². The molecule has 1 saturated heterocycles. The van der Waals surface area contributed by atoms with Crippen LogP contribution in [-0.4, -0.2) is 51.4 Å². The average Bonchev–Trinajstić information content (AvgIpc) is 3.35. The lowest BCUT2D eigenvalue weighted by Crippen LogP contribution is -2.46. The molecule has 4 rings (SSSR count). The van der Waals surface area contributed by atoms with Gasteiger partial charge in [0.1, 0.15) is 0 Å². The van der Waals surface area contributed by atoms with Gasteiger partial charge in [-0.05, 0) is 51.8 Å². The molecular formula is C17H24N6O. The summed E-state index contributed by atoms with van der Waals surface area (Å²) < 4.78 is 5.36. The Hall–Kier alpha value is -2.02. The maximum absolute atomic E-state index is 5.36. The first-order valence-corrected chi connectivity index (χ1v) is 8.77. The molecule has 0 aromatic carbocycles. The third-order valence-corrected chi connectivity index (χ3v) is 4.93. The average molecular weight is 328 g/mol. The molecule has 0 radical (unpaired) electrons. The van der Waals surface area contributed by atoms with Crippen LogP contribution in [0.4, 0.5) is 5.82 Å². The van der Waals surface area contributed by atoms with Gasteiger partial charge in [0, 0.05) is 25.0 Å². The van der Waals surface area contributed by atoms with Crippen molar-refractivity contribution in [2.24, 2.45) is 0 Å². The van der Waals surface area contributed by atoms with E-state index >= 15 is 0 Å². The highest BCUT2D eigenvalue weighted by atomic mass is 16.5. The highest BCUT2D eigenvalue weighted by molar-refractivity contribution is 5.38. The van der Waals surface area contributed by atoms with Crippen molar-refractivity contribution in [3.63, 3.8) is 0 Å². The van der Waals surface area contributed by atoms with Crippen molar-refractivity contribution in [1.29, 1.82) is 0 Å². The summed E-state index contributed by atoms with van der Waals surface area (Å²) in [6, 6.07) is 4.55. The topological polar surface area (TPSA) is 71.2 Å². The molecule has 1 aliphatic heterocycles. The van der Waals surface area contributed by atoms with E-state index in [4.69, 9.17) is 4.52 Å². The van der Waals surface area contributed by atoms with E-state index in [9.17, 15) is 0 Å². The fourth-order valence-electron chi connectivity index (χ4n) is 3.26. The van der Waals surface area contributed by atoms with Crippen molar-refractivity contribution in [3.8, 4) is 0 Å². The van der Waals surface area contributed by atoms with Crippen LogP contribution < -0.4 is 4.90 Å². The molecule has 3 heterocycles. The summed E-state index contributed by atoms with van der Waals surface area (Å²) in [5.74, 6) is 3.10. The van der Waals surface area contributed by atoms with Crippen LogP contribution in [0.5, 0.6) is 0 Å².